The fourth-order valence-electron chi connectivity index (χ4n) is 4.88. The Labute approximate surface area is 243 Å². The van der Waals surface area contributed by atoms with Crippen LogP contribution in [0.5, 0.6) is 17.2 Å². The summed E-state index contributed by atoms with van der Waals surface area (Å²) in [4.78, 5) is 33.6. The number of ketones is 1. The first-order valence-corrected chi connectivity index (χ1v) is 13.6. The van der Waals surface area contributed by atoms with E-state index in [1.165, 1.54) is 12.1 Å². The minimum atomic E-state index is -0.616. The van der Waals surface area contributed by atoms with Gasteiger partial charge in [-0.1, -0.05) is 24.3 Å². The molecule has 0 saturated carbocycles. The van der Waals surface area contributed by atoms with Crippen LogP contribution in [0.1, 0.15) is 28.5 Å². The maximum Gasteiger partial charge on any atom is 0.282 e. The summed E-state index contributed by atoms with van der Waals surface area (Å²) in [6.07, 6.45) is 1.45. The van der Waals surface area contributed by atoms with Crippen LogP contribution in [-0.2, 0) is 13.0 Å². The SMILES string of the molecule is COc1ccc2c(Oc3ccc(CC(=O)c4c(C)n(C[C@H](C)N(C)C)n(-c5ccccc5)c4=O)cc3F)ccnc2c1. The smallest absolute Gasteiger partial charge is 0.282 e. The van der Waals surface area contributed by atoms with Gasteiger partial charge in [-0.15, -0.1) is 0 Å². The molecule has 42 heavy (non-hydrogen) atoms. The van der Waals surface area contributed by atoms with Gasteiger partial charge in [0.15, 0.2) is 17.3 Å². The van der Waals surface area contributed by atoms with Crippen molar-refractivity contribution in [2.75, 3.05) is 21.2 Å². The van der Waals surface area contributed by atoms with Gasteiger partial charge in [-0.2, -0.15) is 0 Å². The Morgan fingerprint density at radius 1 is 1.02 bits per heavy atom. The summed E-state index contributed by atoms with van der Waals surface area (Å²) in [6.45, 7) is 4.34. The normalized spacial score (nSPS) is 12.1. The molecule has 9 heteroatoms. The van der Waals surface area contributed by atoms with Gasteiger partial charge in [-0.3, -0.25) is 19.3 Å². The molecule has 1 atom stereocenters. The summed E-state index contributed by atoms with van der Waals surface area (Å²) >= 11 is 0. The zero-order valence-electron chi connectivity index (χ0n) is 24.3. The lowest BCUT2D eigenvalue weighted by Crippen LogP contribution is -2.33. The van der Waals surface area contributed by atoms with Crippen LogP contribution in [0.25, 0.3) is 16.6 Å². The van der Waals surface area contributed by atoms with Gasteiger partial charge in [0.1, 0.15) is 17.1 Å². The van der Waals surface area contributed by atoms with Crippen molar-refractivity contribution in [1.29, 1.82) is 0 Å². The predicted octanol–water partition coefficient (Wildman–Crippen LogP) is 5.81. The summed E-state index contributed by atoms with van der Waals surface area (Å²) in [6, 6.07) is 20.8. The molecule has 0 aliphatic rings. The number of methoxy groups -OCH3 is 1. The van der Waals surface area contributed by atoms with Crippen molar-refractivity contribution >= 4 is 16.7 Å². The molecule has 0 fully saturated rings. The van der Waals surface area contributed by atoms with Gasteiger partial charge in [0.05, 0.1) is 24.9 Å². The summed E-state index contributed by atoms with van der Waals surface area (Å²) in [5.74, 6) is 0.118. The Morgan fingerprint density at radius 3 is 2.48 bits per heavy atom. The minimum absolute atomic E-state index is 0.0148. The van der Waals surface area contributed by atoms with E-state index in [1.807, 2.05) is 49.1 Å². The summed E-state index contributed by atoms with van der Waals surface area (Å²) in [7, 11) is 5.51. The van der Waals surface area contributed by atoms with Crippen LogP contribution in [-0.4, -0.2) is 52.3 Å². The predicted molar refractivity (Wildman–Crippen MR) is 161 cm³/mol. The molecule has 0 aliphatic heterocycles. The highest BCUT2D eigenvalue weighted by Gasteiger charge is 2.25. The molecule has 5 aromatic rings. The Kier molecular flexibility index (Phi) is 8.22. The maximum atomic E-state index is 15.2. The monoisotopic (exact) mass is 568 g/mol. The van der Waals surface area contributed by atoms with Crippen LogP contribution in [0.15, 0.2) is 83.8 Å². The number of carbonyl (C=O) groups is 1. The first-order valence-electron chi connectivity index (χ1n) is 13.6. The Hall–Kier alpha value is -4.76. The molecule has 0 N–H and O–H groups in total. The number of aromatic nitrogens is 3. The second-order valence-electron chi connectivity index (χ2n) is 10.5. The third-order valence-corrected chi connectivity index (χ3v) is 7.49. The molecule has 2 aromatic heterocycles. The summed E-state index contributed by atoms with van der Waals surface area (Å²) in [5, 5.41) is 0.704. The van der Waals surface area contributed by atoms with Crippen LogP contribution in [0, 0.1) is 12.7 Å². The standard InChI is InChI=1S/C33H33FN4O4/c1-21(36(3)4)20-37-22(2)32(33(40)38(37)24-9-7-6-8-10-24)29(39)18-23-11-14-31(27(34)17-23)42-30-15-16-35-28-19-25(41-5)12-13-26(28)30/h6-17,19,21H,18,20H2,1-5H3/t21-/m0/s1. The van der Waals surface area contributed by atoms with Crippen LogP contribution in [0.4, 0.5) is 4.39 Å². The number of halogens is 1. The quantitative estimate of drug-likeness (QED) is 0.198. The number of ether oxygens (including phenoxy) is 2. The van der Waals surface area contributed by atoms with E-state index in [-0.39, 0.29) is 29.6 Å². The highest BCUT2D eigenvalue weighted by molar-refractivity contribution is 5.98. The highest BCUT2D eigenvalue weighted by Crippen LogP contribution is 2.32. The van der Waals surface area contributed by atoms with Crippen molar-refractivity contribution in [3.63, 3.8) is 0 Å². The number of benzene rings is 3. The lowest BCUT2D eigenvalue weighted by molar-refractivity contribution is 0.0991. The van der Waals surface area contributed by atoms with Gasteiger partial charge in [-0.25, -0.2) is 9.07 Å². The largest absolute Gasteiger partial charge is 0.497 e. The second-order valence-corrected chi connectivity index (χ2v) is 10.5. The van der Waals surface area contributed by atoms with Gasteiger partial charge in [0, 0.05) is 35.8 Å². The summed E-state index contributed by atoms with van der Waals surface area (Å²) in [5.41, 5.74) is 2.04. The molecule has 216 valence electrons. The van der Waals surface area contributed by atoms with Gasteiger partial charge in [0.2, 0.25) is 0 Å². The Bertz CT molecular complexity index is 1810. The molecular formula is C33H33FN4O4. The minimum Gasteiger partial charge on any atom is -0.497 e. The van der Waals surface area contributed by atoms with E-state index in [9.17, 15) is 9.59 Å². The molecule has 0 unspecified atom stereocenters. The second kappa shape index (κ2) is 12.0. The van der Waals surface area contributed by atoms with Crippen molar-refractivity contribution in [1.82, 2.24) is 19.2 Å². The van der Waals surface area contributed by atoms with Crippen molar-refractivity contribution in [2.24, 2.45) is 0 Å². The third kappa shape index (κ3) is 5.69. The number of likely N-dealkylation sites (N-methyl/N-ethyl adjacent to an activating group) is 1. The molecule has 5 rings (SSSR count). The lowest BCUT2D eigenvalue weighted by Gasteiger charge is -2.23. The van der Waals surface area contributed by atoms with Crippen LogP contribution >= 0.6 is 0 Å². The van der Waals surface area contributed by atoms with Gasteiger partial charge in [-0.05, 0) is 76.0 Å². The molecule has 3 aromatic carbocycles. The van der Waals surface area contributed by atoms with E-state index in [1.54, 1.807) is 55.2 Å². The number of carbonyl (C=O) groups excluding carboxylic acids is 1. The zero-order chi connectivity index (χ0) is 30.0. The topological polar surface area (TPSA) is 78.6 Å². The van der Waals surface area contributed by atoms with Crippen molar-refractivity contribution in [3.05, 3.63) is 112 Å². The molecule has 2 heterocycles. The van der Waals surface area contributed by atoms with Crippen molar-refractivity contribution in [2.45, 2.75) is 32.9 Å². The van der Waals surface area contributed by atoms with E-state index in [0.717, 1.165) is 0 Å². The number of pyridine rings is 1. The van der Waals surface area contributed by atoms with E-state index in [2.05, 4.69) is 16.8 Å². The number of fused-ring (bicyclic) bond motifs is 1. The molecule has 0 spiro atoms. The number of rotatable bonds is 10. The summed E-state index contributed by atoms with van der Waals surface area (Å²) < 4.78 is 29.8. The van der Waals surface area contributed by atoms with E-state index in [4.69, 9.17) is 9.47 Å². The number of hydrogen-bond acceptors (Lipinski definition) is 6. The third-order valence-electron chi connectivity index (χ3n) is 7.49. The number of para-hydroxylation sites is 1. The van der Waals surface area contributed by atoms with Crippen LogP contribution < -0.4 is 15.0 Å². The highest BCUT2D eigenvalue weighted by atomic mass is 19.1. The molecule has 0 bridgehead atoms. The molecule has 0 amide bonds. The van der Waals surface area contributed by atoms with Gasteiger partial charge < -0.3 is 14.4 Å². The first kappa shape index (κ1) is 28.8. The molecule has 0 saturated heterocycles. The zero-order valence-corrected chi connectivity index (χ0v) is 24.3. The molecule has 0 radical (unpaired) electrons. The van der Waals surface area contributed by atoms with E-state index < -0.39 is 11.4 Å². The van der Waals surface area contributed by atoms with Crippen molar-refractivity contribution < 1.29 is 18.7 Å². The molecule has 8 nitrogen and oxygen atoms in total. The Morgan fingerprint density at radius 2 is 1.79 bits per heavy atom. The Balaban J connectivity index is 1.43. The van der Waals surface area contributed by atoms with Crippen molar-refractivity contribution in [3.8, 4) is 22.9 Å². The van der Waals surface area contributed by atoms with Gasteiger partial charge in [0.25, 0.3) is 5.56 Å². The average Bonchev–Trinajstić information content (AvgIpc) is 3.23. The molecular weight excluding hydrogens is 535 g/mol. The van der Waals surface area contributed by atoms with E-state index >= 15 is 4.39 Å². The first-order chi connectivity index (χ1) is 20.2. The lowest BCUT2D eigenvalue weighted by atomic mass is 10.0. The van der Waals surface area contributed by atoms with Gasteiger partial charge >= 0.3 is 0 Å². The molecule has 0 aliphatic carbocycles. The average molecular weight is 569 g/mol. The number of hydrogen-bond donors (Lipinski definition) is 0. The fraction of sp³-hybridized carbons (Fsp3) is 0.242. The van der Waals surface area contributed by atoms with E-state index in [0.29, 0.717) is 45.9 Å². The fourth-order valence-corrected chi connectivity index (χ4v) is 4.88. The number of Topliss-reactive ketones (excluding diaryl/α,β-unsaturated/α-hetero) is 1. The number of nitrogens with zero attached hydrogens (tertiary/aromatic N) is 4. The van der Waals surface area contributed by atoms with Crippen LogP contribution in [0.3, 0.4) is 0 Å². The van der Waals surface area contributed by atoms with Crippen LogP contribution in [0.2, 0.25) is 0 Å². The maximum absolute atomic E-state index is 15.2.